The molecular weight excluding hydrogens is 306 g/mol. The van der Waals surface area contributed by atoms with Crippen LogP contribution in [-0.4, -0.2) is 42.5 Å². The van der Waals surface area contributed by atoms with E-state index in [1.165, 1.54) is 25.3 Å². The lowest BCUT2D eigenvalue weighted by Gasteiger charge is -2.24. The van der Waals surface area contributed by atoms with Crippen molar-refractivity contribution in [3.05, 3.63) is 29.3 Å². The summed E-state index contributed by atoms with van der Waals surface area (Å²) in [7, 11) is 1.28. The van der Waals surface area contributed by atoms with Crippen LogP contribution in [0.1, 0.15) is 41.6 Å². The Hall–Kier alpha value is -2.18. The Balaban J connectivity index is 1.84. The lowest BCUT2D eigenvalue weighted by Crippen LogP contribution is -2.44. The van der Waals surface area contributed by atoms with Crippen LogP contribution in [0.4, 0.5) is 8.78 Å². The monoisotopic (exact) mass is 324 g/mol. The summed E-state index contributed by atoms with van der Waals surface area (Å²) in [6, 6.07) is 4.18. The highest BCUT2D eigenvalue weighted by molar-refractivity contribution is 5.97. The van der Waals surface area contributed by atoms with Crippen LogP contribution in [0.15, 0.2) is 18.2 Å². The van der Waals surface area contributed by atoms with Crippen molar-refractivity contribution in [1.82, 2.24) is 10.2 Å². The number of likely N-dealkylation sites (tertiary alicyclic amines) is 1. The van der Waals surface area contributed by atoms with Gasteiger partial charge in [-0.3, -0.25) is 9.59 Å². The molecule has 7 heteroatoms. The molecule has 0 bridgehead atoms. The van der Waals surface area contributed by atoms with E-state index in [1.54, 1.807) is 4.90 Å². The van der Waals surface area contributed by atoms with Crippen molar-refractivity contribution in [2.45, 2.75) is 31.2 Å². The molecule has 2 heterocycles. The highest BCUT2D eigenvalue weighted by Crippen LogP contribution is 2.35. The summed E-state index contributed by atoms with van der Waals surface area (Å²) in [5.41, 5.74) is -0.520. The van der Waals surface area contributed by atoms with Crippen molar-refractivity contribution in [2.24, 2.45) is 0 Å². The van der Waals surface area contributed by atoms with Crippen LogP contribution >= 0.6 is 0 Å². The third kappa shape index (κ3) is 2.75. The van der Waals surface area contributed by atoms with Crippen LogP contribution in [0.2, 0.25) is 0 Å². The van der Waals surface area contributed by atoms with Crippen molar-refractivity contribution in [3.8, 4) is 5.75 Å². The molecule has 2 aliphatic rings. The number of ether oxygens (including phenoxy) is 1. The molecular formula is C16H18F2N2O3. The Kier molecular flexibility index (Phi) is 3.95. The molecule has 1 unspecified atom stereocenters. The predicted molar refractivity (Wildman–Crippen MR) is 78.6 cm³/mol. The van der Waals surface area contributed by atoms with E-state index in [0.29, 0.717) is 32.4 Å². The lowest BCUT2D eigenvalue weighted by molar-refractivity contribution is -0.119. The van der Waals surface area contributed by atoms with E-state index in [0.717, 1.165) is 0 Å². The number of benzene rings is 1. The molecule has 1 N–H and O–H groups in total. The third-order valence-corrected chi connectivity index (χ3v) is 4.59. The van der Waals surface area contributed by atoms with E-state index in [9.17, 15) is 18.4 Å². The predicted octanol–water partition coefficient (Wildman–Crippen LogP) is 2.13. The molecule has 3 rings (SSSR count). The van der Waals surface area contributed by atoms with Gasteiger partial charge in [0.15, 0.2) is 0 Å². The number of amides is 2. The van der Waals surface area contributed by atoms with Crippen LogP contribution in [0.25, 0.3) is 0 Å². The highest BCUT2D eigenvalue weighted by Gasteiger charge is 2.45. The topological polar surface area (TPSA) is 58.6 Å². The number of nitrogens with one attached hydrogen (secondary N) is 1. The minimum atomic E-state index is -2.71. The Morgan fingerprint density at radius 2 is 2.17 bits per heavy atom. The zero-order valence-corrected chi connectivity index (χ0v) is 12.8. The molecule has 1 atom stereocenters. The van der Waals surface area contributed by atoms with Gasteiger partial charge in [-0.25, -0.2) is 8.78 Å². The fraction of sp³-hybridized carbons (Fsp3) is 0.500. The molecule has 0 saturated carbocycles. The summed E-state index contributed by atoms with van der Waals surface area (Å²) in [6.07, 6.45) is -0.867. The quantitative estimate of drug-likeness (QED) is 0.926. The SMILES string of the molecule is COc1c(C(=O)N2CCC3(CCC(=O)N3)C2)cccc1C(F)F. The molecule has 5 nitrogen and oxygen atoms in total. The minimum Gasteiger partial charge on any atom is -0.495 e. The molecule has 124 valence electrons. The molecule has 0 aromatic heterocycles. The summed E-state index contributed by atoms with van der Waals surface area (Å²) >= 11 is 0. The number of hydrogen-bond donors (Lipinski definition) is 1. The second-order valence-corrected chi connectivity index (χ2v) is 6.03. The Morgan fingerprint density at radius 1 is 1.39 bits per heavy atom. The lowest BCUT2D eigenvalue weighted by atomic mass is 9.97. The van der Waals surface area contributed by atoms with Crippen molar-refractivity contribution >= 4 is 11.8 Å². The van der Waals surface area contributed by atoms with E-state index >= 15 is 0 Å². The van der Waals surface area contributed by atoms with Gasteiger partial charge in [-0.1, -0.05) is 6.07 Å². The largest absolute Gasteiger partial charge is 0.495 e. The van der Waals surface area contributed by atoms with Gasteiger partial charge in [-0.15, -0.1) is 0 Å². The van der Waals surface area contributed by atoms with E-state index in [4.69, 9.17) is 4.74 Å². The van der Waals surface area contributed by atoms with Gasteiger partial charge >= 0.3 is 0 Å². The number of alkyl halides is 2. The summed E-state index contributed by atoms with van der Waals surface area (Å²) in [5.74, 6) is -0.428. The Morgan fingerprint density at radius 3 is 2.78 bits per heavy atom. The smallest absolute Gasteiger partial charge is 0.267 e. The van der Waals surface area contributed by atoms with Crippen LogP contribution in [0.3, 0.4) is 0 Å². The molecule has 1 aromatic rings. The summed E-state index contributed by atoms with van der Waals surface area (Å²) in [5, 5.41) is 2.94. The minimum absolute atomic E-state index is 0.00317. The molecule has 0 aliphatic carbocycles. The van der Waals surface area contributed by atoms with Gasteiger partial charge in [-0.2, -0.15) is 0 Å². The van der Waals surface area contributed by atoms with Crippen LogP contribution in [-0.2, 0) is 4.79 Å². The van der Waals surface area contributed by atoms with Gasteiger partial charge < -0.3 is 15.0 Å². The van der Waals surface area contributed by atoms with Crippen molar-refractivity contribution in [2.75, 3.05) is 20.2 Å². The second-order valence-electron chi connectivity index (χ2n) is 6.03. The summed E-state index contributed by atoms with van der Waals surface area (Å²) < 4.78 is 31.2. The number of para-hydroxylation sites is 1. The normalized spacial score (nSPS) is 23.7. The number of rotatable bonds is 3. The standard InChI is InChI=1S/C16H18F2N2O3/c1-23-13-10(14(17)18)3-2-4-11(13)15(22)20-8-7-16(9-20)6-5-12(21)19-16/h2-4,14H,5-9H2,1H3,(H,19,21). The van der Waals surface area contributed by atoms with E-state index < -0.39 is 6.43 Å². The Labute approximate surface area is 132 Å². The first-order valence-electron chi connectivity index (χ1n) is 7.51. The third-order valence-electron chi connectivity index (χ3n) is 4.59. The first-order chi connectivity index (χ1) is 11.0. The van der Waals surface area contributed by atoms with E-state index in [1.807, 2.05) is 0 Å². The molecule has 1 spiro atoms. The zero-order valence-electron chi connectivity index (χ0n) is 12.8. The van der Waals surface area contributed by atoms with Crippen molar-refractivity contribution < 1.29 is 23.1 Å². The zero-order chi connectivity index (χ0) is 16.6. The average Bonchev–Trinajstić information content (AvgIpc) is 3.12. The van der Waals surface area contributed by atoms with Gasteiger partial charge in [0.1, 0.15) is 5.75 Å². The van der Waals surface area contributed by atoms with Gasteiger partial charge in [0.2, 0.25) is 5.91 Å². The number of hydrogen-bond acceptors (Lipinski definition) is 3. The maximum atomic E-state index is 13.1. The number of carbonyl (C=O) groups is 2. The van der Waals surface area contributed by atoms with Crippen LogP contribution < -0.4 is 10.1 Å². The fourth-order valence-electron chi connectivity index (χ4n) is 3.42. The van der Waals surface area contributed by atoms with Crippen LogP contribution in [0.5, 0.6) is 5.75 Å². The summed E-state index contributed by atoms with van der Waals surface area (Å²) in [6.45, 7) is 0.890. The Bertz CT molecular complexity index is 650. The molecule has 2 aliphatic heterocycles. The van der Waals surface area contributed by atoms with Gasteiger partial charge in [0, 0.05) is 19.5 Å². The second kappa shape index (κ2) is 5.79. The number of methoxy groups -OCH3 is 1. The van der Waals surface area contributed by atoms with Crippen LogP contribution in [0, 0.1) is 0 Å². The van der Waals surface area contributed by atoms with E-state index in [2.05, 4.69) is 5.32 Å². The van der Waals surface area contributed by atoms with Crippen molar-refractivity contribution in [3.63, 3.8) is 0 Å². The summed E-state index contributed by atoms with van der Waals surface area (Å²) in [4.78, 5) is 25.8. The number of nitrogens with zero attached hydrogens (tertiary/aromatic N) is 1. The molecule has 2 amide bonds. The average molecular weight is 324 g/mol. The molecule has 1 aromatic carbocycles. The molecule has 2 fully saturated rings. The van der Waals surface area contributed by atoms with E-state index in [-0.39, 0.29) is 34.2 Å². The number of halogens is 2. The molecule has 23 heavy (non-hydrogen) atoms. The van der Waals surface area contributed by atoms with Gasteiger partial charge in [-0.05, 0) is 25.0 Å². The fourth-order valence-corrected chi connectivity index (χ4v) is 3.42. The highest BCUT2D eigenvalue weighted by atomic mass is 19.3. The first-order valence-corrected chi connectivity index (χ1v) is 7.51. The van der Waals surface area contributed by atoms with Crippen molar-refractivity contribution in [1.29, 1.82) is 0 Å². The number of carbonyl (C=O) groups excluding carboxylic acids is 2. The maximum absolute atomic E-state index is 13.1. The maximum Gasteiger partial charge on any atom is 0.267 e. The molecule has 0 radical (unpaired) electrons. The van der Waals surface area contributed by atoms with Gasteiger partial charge in [0.25, 0.3) is 12.3 Å². The first kappa shape index (κ1) is 15.7. The van der Waals surface area contributed by atoms with Gasteiger partial charge in [0.05, 0.1) is 23.8 Å². The molecule has 2 saturated heterocycles.